The molecule has 0 saturated carbocycles. The molecule has 0 amide bonds. The molecule has 7 heteroatoms. The van der Waals surface area contributed by atoms with Crippen LogP contribution in [0, 0.1) is 0 Å². The highest BCUT2D eigenvalue weighted by molar-refractivity contribution is 7.41. The van der Waals surface area contributed by atoms with Gasteiger partial charge in [0, 0.05) is 0 Å². The molecule has 0 heterocycles. The minimum absolute atomic E-state index is 1.24. The Kier molecular flexibility index (Phi) is 3.95. The van der Waals surface area contributed by atoms with Crippen LogP contribution in [0.15, 0.2) is 0 Å². The van der Waals surface area contributed by atoms with Crippen molar-refractivity contribution in [2.24, 2.45) is 0 Å². The topological polar surface area (TPSA) is 43.4 Å². The lowest BCUT2D eigenvalue weighted by atomic mass is 10.5. The van der Waals surface area contributed by atoms with Gasteiger partial charge in [0.05, 0.1) is 0 Å². The monoisotopic (exact) mass is 174 g/mol. The first-order valence-corrected chi connectivity index (χ1v) is 3.07. The van der Waals surface area contributed by atoms with Gasteiger partial charge in [0.2, 0.25) is 0 Å². The predicted molar refractivity (Wildman–Crippen MR) is 26.0 cm³/mol. The van der Waals surface area contributed by atoms with Crippen molar-refractivity contribution < 1.29 is 26.9 Å². The van der Waals surface area contributed by atoms with E-state index in [1.807, 2.05) is 0 Å². The van der Waals surface area contributed by atoms with Crippen LogP contribution < -0.4 is 0 Å². The van der Waals surface area contributed by atoms with E-state index in [4.69, 9.17) is 0 Å². The highest BCUT2D eigenvalue weighted by Gasteiger charge is 2.16. The van der Waals surface area contributed by atoms with Crippen LogP contribution in [0.1, 0.15) is 6.42 Å². The lowest BCUT2D eigenvalue weighted by molar-refractivity contribution is -0.141. The fourth-order valence-corrected chi connectivity index (χ4v) is 0.441. The molecule has 0 spiro atoms. The zero-order chi connectivity index (χ0) is 8.15. The van der Waals surface area contributed by atoms with Gasteiger partial charge in [0.1, 0.15) is 6.42 Å². The van der Waals surface area contributed by atoms with E-state index in [1.165, 1.54) is 0 Å². The Bertz CT molecular complexity index is 148. The Balaban J connectivity index is 3.54. The molecule has 0 fully saturated rings. The van der Waals surface area contributed by atoms with Crippen LogP contribution in [-0.4, -0.2) is 12.0 Å². The molecule has 0 aliphatic heterocycles. The first-order chi connectivity index (χ1) is 4.52. The molecule has 0 bridgehead atoms. The van der Waals surface area contributed by atoms with E-state index in [9.17, 15) is 22.4 Å². The van der Waals surface area contributed by atoms with E-state index in [1.54, 1.807) is 0 Å². The molecule has 0 aromatic rings. The van der Waals surface area contributed by atoms with E-state index >= 15 is 0 Å². The van der Waals surface area contributed by atoms with Crippen molar-refractivity contribution in [3.05, 3.63) is 0 Å². The Morgan fingerprint density at radius 1 is 1.40 bits per heavy atom. The Labute approximate surface area is 55.2 Å². The van der Waals surface area contributed by atoms with Gasteiger partial charge in [-0.05, 0) is 0 Å². The predicted octanol–water partition coefficient (Wildman–Crippen LogP) is 1.58. The maximum atomic E-state index is 11.2. The van der Waals surface area contributed by atoms with E-state index in [2.05, 4.69) is 4.52 Å². The zero-order valence-electron chi connectivity index (χ0n) is 4.51. The maximum absolute atomic E-state index is 11.2. The van der Waals surface area contributed by atoms with E-state index in [0.717, 1.165) is 0 Å². The van der Waals surface area contributed by atoms with Crippen LogP contribution in [-0.2, 0) is 14.1 Å². The molecule has 0 N–H and O–H groups in total. The smallest absolute Gasteiger partial charge is 0.388 e. The van der Waals surface area contributed by atoms with Crippen LogP contribution in [0.5, 0.6) is 0 Å². The van der Waals surface area contributed by atoms with Crippen molar-refractivity contribution in [3.8, 4) is 0 Å². The lowest BCUT2D eigenvalue weighted by Crippen LogP contribution is -2.03. The van der Waals surface area contributed by atoms with E-state index in [0.29, 0.717) is 0 Å². The number of hydrogen-bond donors (Lipinski definition) is 0. The van der Waals surface area contributed by atoms with Gasteiger partial charge in [-0.1, -0.05) is 0 Å². The van der Waals surface area contributed by atoms with E-state index < -0.39 is 27.2 Å². The van der Waals surface area contributed by atoms with Crippen LogP contribution in [0.4, 0.5) is 12.8 Å². The van der Waals surface area contributed by atoms with Gasteiger partial charge in [-0.15, -0.1) is 8.39 Å². The van der Waals surface area contributed by atoms with Gasteiger partial charge in [-0.3, -0.25) is 9.59 Å². The third-order valence-corrected chi connectivity index (χ3v) is 0.796. The summed E-state index contributed by atoms with van der Waals surface area (Å²) in [5, 5.41) is 0. The van der Waals surface area contributed by atoms with Crippen LogP contribution in [0.25, 0.3) is 0 Å². The van der Waals surface area contributed by atoms with Gasteiger partial charge < -0.3 is 4.52 Å². The third-order valence-electron chi connectivity index (χ3n) is 0.454. The standard InChI is InChI=1S/C3H2F3O3P/c4-2(7)1-3(8)9-10(5)6/h1H2. The van der Waals surface area contributed by atoms with Crippen molar-refractivity contribution >= 4 is 20.8 Å². The molecule has 3 nitrogen and oxygen atoms in total. The van der Waals surface area contributed by atoms with Crippen LogP contribution in [0.2, 0.25) is 0 Å². The highest BCUT2D eigenvalue weighted by Crippen LogP contribution is 2.39. The molecular weight excluding hydrogens is 172 g/mol. The normalized spacial score (nSPS) is 9.60. The molecule has 0 aromatic heterocycles. The second-order valence-corrected chi connectivity index (χ2v) is 1.78. The van der Waals surface area contributed by atoms with Gasteiger partial charge in [0.15, 0.2) is 0 Å². The number of carbonyl (C=O) groups excluding carboxylic acids is 2. The minimum Gasteiger partial charge on any atom is -0.388 e. The summed E-state index contributed by atoms with van der Waals surface area (Å²) >= 11 is 0. The third kappa shape index (κ3) is 5.50. The fraction of sp³-hybridized carbons (Fsp3) is 0.333. The summed E-state index contributed by atoms with van der Waals surface area (Å²) in [7, 11) is -3.84. The molecule has 0 aliphatic rings. The number of rotatable bonds is 3. The van der Waals surface area contributed by atoms with Crippen LogP contribution >= 0.6 is 8.77 Å². The molecule has 0 aromatic carbocycles. The Morgan fingerprint density at radius 2 is 1.90 bits per heavy atom. The fourth-order valence-electron chi connectivity index (χ4n) is 0.223. The average Bonchev–Trinajstić information content (AvgIpc) is 1.58. The summed E-state index contributed by atoms with van der Waals surface area (Å²) in [5.74, 6) is -1.54. The van der Waals surface area contributed by atoms with E-state index in [-0.39, 0.29) is 0 Å². The summed E-state index contributed by atoms with van der Waals surface area (Å²) < 4.78 is 36.7. The van der Waals surface area contributed by atoms with Gasteiger partial charge in [-0.2, -0.15) is 4.39 Å². The summed E-state index contributed by atoms with van der Waals surface area (Å²) in [6, 6.07) is -1.98. The molecule has 0 aliphatic carbocycles. The molecular formula is C3H2F3O3P. The molecule has 0 rings (SSSR count). The molecule has 0 radical (unpaired) electrons. The number of halogens is 3. The summed E-state index contributed by atoms with van der Waals surface area (Å²) in [6.07, 6.45) is -1.24. The van der Waals surface area contributed by atoms with Crippen molar-refractivity contribution in [3.63, 3.8) is 0 Å². The van der Waals surface area contributed by atoms with Crippen molar-refractivity contribution in [1.29, 1.82) is 0 Å². The minimum atomic E-state index is -3.84. The second-order valence-electron chi connectivity index (χ2n) is 1.20. The van der Waals surface area contributed by atoms with Gasteiger partial charge >= 0.3 is 20.8 Å². The Morgan fingerprint density at radius 3 is 2.20 bits per heavy atom. The van der Waals surface area contributed by atoms with Crippen LogP contribution in [0.3, 0.4) is 0 Å². The molecule has 0 unspecified atom stereocenters. The zero-order valence-corrected chi connectivity index (χ0v) is 5.41. The van der Waals surface area contributed by atoms with Gasteiger partial charge in [-0.25, -0.2) is 0 Å². The summed E-state index contributed by atoms with van der Waals surface area (Å²) in [4.78, 5) is 19.3. The quantitative estimate of drug-likeness (QED) is 0.370. The first-order valence-electron chi connectivity index (χ1n) is 2.03. The summed E-state index contributed by atoms with van der Waals surface area (Å²) in [5.41, 5.74) is 0. The molecule has 0 saturated heterocycles. The summed E-state index contributed by atoms with van der Waals surface area (Å²) in [6.45, 7) is 0. The Hall–Kier alpha value is -0.640. The molecule has 0 atom stereocenters. The number of carbonyl (C=O) groups is 2. The van der Waals surface area contributed by atoms with Crippen molar-refractivity contribution in [2.45, 2.75) is 6.42 Å². The maximum Gasteiger partial charge on any atom is 0.483 e. The molecule has 10 heavy (non-hydrogen) atoms. The average molecular weight is 174 g/mol. The lowest BCUT2D eigenvalue weighted by Gasteiger charge is -1.95. The highest BCUT2D eigenvalue weighted by atomic mass is 31.2. The molecule has 58 valence electrons. The second kappa shape index (κ2) is 4.22. The van der Waals surface area contributed by atoms with Crippen molar-refractivity contribution in [1.82, 2.24) is 0 Å². The SMILES string of the molecule is O=C(F)CC(=O)OP(F)F. The number of hydrogen-bond acceptors (Lipinski definition) is 3. The van der Waals surface area contributed by atoms with Crippen molar-refractivity contribution in [2.75, 3.05) is 0 Å². The largest absolute Gasteiger partial charge is 0.483 e. The first kappa shape index (κ1) is 9.36. The van der Waals surface area contributed by atoms with Gasteiger partial charge in [0.25, 0.3) is 0 Å².